The van der Waals surface area contributed by atoms with Crippen molar-refractivity contribution in [2.75, 3.05) is 4.90 Å². The highest BCUT2D eigenvalue weighted by Gasteiger charge is 2.57. The third-order valence-corrected chi connectivity index (χ3v) is 9.08. The Labute approximate surface area is 223 Å². The van der Waals surface area contributed by atoms with Gasteiger partial charge in [0.25, 0.3) is 5.91 Å². The van der Waals surface area contributed by atoms with E-state index in [0.29, 0.717) is 35.7 Å². The van der Waals surface area contributed by atoms with Gasteiger partial charge in [-0.2, -0.15) is 0 Å². The van der Waals surface area contributed by atoms with Gasteiger partial charge >= 0.3 is 5.97 Å². The Bertz CT molecular complexity index is 1250. The smallest absolute Gasteiger partial charge is 0.308 e. The zero-order chi connectivity index (χ0) is 26.6. The maximum absolute atomic E-state index is 14.5. The Morgan fingerprint density at radius 3 is 2.05 bits per heavy atom. The van der Waals surface area contributed by atoms with Gasteiger partial charge in [-0.1, -0.05) is 29.8 Å². The maximum atomic E-state index is 14.5. The fourth-order valence-electron chi connectivity index (χ4n) is 7.85. The lowest BCUT2D eigenvalue weighted by atomic mass is 9.49. The molecular formula is C31H34N2O5. The molecule has 5 aliphatic rings. The Hall–Kier alpha value is -3.48. The van der Waals surface area contributed by atoms with Gasteiger partial charge in [-0.3, -0.25) is 19.2 Å². The second kappa shape index (κ2) is 9.37. The molecule has 4 saturated carbocycles. The van der Waals surface area contributed by atoms with Crippen molar-refractivity contribution in [3.05, 3.63) is 59.7 Å². The predicted molar refractivity (Wildman–Crippen MR) is 141 cm³/mol. The number of imide groups is 1. The van der Waals surface area contributed by atoms with Gasteiger partial charge in [-0.15, -0.1) is 0 Å². The van der Waals surface area contributed by atoms with Crippen molar-refractivity contribution >= 4 is 29.4 Å². The minimum absolute atomic E-state index is 0.0332. The van der Waals surface area contributed by atoms with Crippen molar-refractivity contribution in [2.45, 2.75) is 71.4 Å². The number of rotatable bonds is 6. The van der Waals surface area contributed by atoms with Gasteiger partial charge in [-0.05, 0) is 93.0 Å². The molecular weight excluding hydrogens is 480 g/mol. The summed E-state index contributed by atoms with van der Waals surface area (Å²) in [5, 5.41) is 0. The van der Waals surface area contributed by atoms with Gasteiger partial charge < -0.3 is 9.64 Å². The van der Waals surface area contributed by atoms with E-state index in [2.05, 4.69) is 0 Å². The van der Waals surface area contributed by atoms with Crippen molar-refractivity contribution in [2.24, 2.45) is 23.2 Å². The van der Waals surface area contributed by atoms with E-state index in [1.54, 1.807) is 29.2 Å². The molecule has 7 rings (SSSR count). The third-order valence-electron chi connectivity index (χ3n) is 9.08. The Kier molecular flexibility index (Phi) is 6.12. The highest BCUT2D eigenvalue weighted by atomic mass is 16.5. The number of benzene rings is 2. The van der Waals surface area contributed by atoms with E-state index in [0.717, 1.165) is 30.4 Å². The van der Waals surface area contributed by atoms with E-state index >= 15 is 0 Å². The van der Waals surface area contributed by atoms with Crippen LogP contribution >= 0.6 is 0 Å². The molecule has 2 aromatic carbocycles. The number of aryl methyl sites for hydroxylation is 1. The number of carbonyl (C=O) groups is 4. The summed E-state index contributed by atoms with van der Waals surface area (Å²) < 4.78 is 5.09. The lowest BCUT2D eigenvalue weighted by Gasteiger charge is -2.57. The van der Waals surface area contributed by atoms with Gasteiger partial charge in [0.05, 0.1) is 17.5 Å². The molecule has 2 aromatic rings. The van der Waals surface area contributed by atoms with Crippen LogP contribution in [-0.2, 0) is 25.7 Å². The highest BCUT2D eigenvalue weighted by Crippen LogP contribution is 2.60. The van der Waals surface area contributed by atoms with Gasteiger partial charge in [-0.25, -0.2) is 4.90 Å². The molecule has 0 radical (unpaired) electrons. The zero-order valence-electron chi connectivity index (χ0n) is 22.0. The minimum Gasteiger partial charge on any atom is -0.427 e. The molecule has 1 saturated heterocycles. The highest BCUT2D eigenvalue weighted by molar-refractivity contribution is 6.23. The maximum Gasteiger partial charge on any atom is 0.308 e. The Morgan fingerprint density at radius 2 is 1.50 bits per heavy atom. The Morgan fingerprint density at radius 1 is 0.921 bits per heavy atom. The largest absolute Gasteiger partial charge is 0.427 e. The molecule has 0 spiro atoms. The topological polar surface area (TPSA) is 84.0 Å². The molecule has 1 heterocycles. The zero-order valence-corrected chi connectivity index (χ0v) is 22.0. The standard InChI is InChI=1S/C31H34N2O5/c1-19-3-5-21(6-4-19)18-32(30(37)31-15-22-11-23(16-31)13-24(12-22)17-31)27-14-28(35)33(29(27)36)25-7-9-26(10-8-25)38-20(2)34/h3-10,22-24,27H,11-18H2,1-2H3. The van der Waals surface area contributed by atoms with Crippen LogP contribution in [0.25, 0.3) is 0 Å². The first kappa shape index (κ1) is 24.8. The quantitative estimate of drug-likeness (QED) is 0.314. The monoisotopic (exact) mass is 514 g/mol. The summed E-state index contributed by atoms with van der Waals surface area (Å²) in [7, 11) is 0. The van der Waals surface area contributed by atoms with Gasteiger partial charge in [0.1, 0.15) is 11.8 Å². The predicted octanol–water partition coefficient (Wildman–Crippen LogP) is 4.80. The average molecular weight is 515 g/mol. The molecule has 0 N–H and O–H groups in total. The summed E-state index contributed by atoms with van der Waals surface area (Å²) in [6.07, 6.45) is 6.34. The van der Waals surface area contributed by atoms with Crippen LogP contribution in [0.4, 0.5) is 5.69 Å². The summed E-state index contributed by atoms with van der Waals surface area (Å²) in [5.41, 5.74) is 2.08. The van der Waals surface area contributed by atoms with Crippen LogP contribution in [0.3, 0.4) is 0 Å². The fourth-order valence-corrected chi connectivity index (χ4v) is 7.85. The van der Waals surface area contributed by atoms with Crippen LogP contribution in [0.5, 0.6) is 5.75 Å². The first-order chi connectivity index (χ1) is 18.2. The van der Waals surface area contributed by atoms with Crippen molar-refractivity contribution < 1.29 is 23.9 Å². The number of amides is 3. The van der Waals surface area contributed by atoms with Gasteiger partial charge in [0.2, 0.25) is 11.8 Å². The van der Waals surface area contributed by atoms with E-state index in [1.807, 2.05) is 31.2 Å². The van der Waals surface area contributed by atoms with E-state index in [9.17, 15) is 19.2 Å². The summed E-state index contributed by atoms with van der Waals surface area (Å²) in [5.74, 6) is 1.04. The van der Waals surface area contributed by atoms with Gasteiger partial charge in [0.15, 0.2) is 0 Å². The van der Waals surface area contributed by atoms with Crippen LogP contribution < -0.4 is 9.64 Å². The van der Waals surface area contributed by atoms with Crippen LogP contribution in [0.1, 0.15) is 63.0 Å². The molecule has 4 aliphatic carbocycles. The molecule has 7 nitrogen and oxygen atoms in total. The number of esters is 1. The van der Waals surface area contributed by atoms with Gasteiger partial charge in [0, 0.05) is 13.5 Å². The Balaban J connectivity index is 1.31. The molecule has 1 atom stereocenters. The summed E-state index contributed by atoms with van der Waals surface area (Å²) in [6.45, 7) is 3.64. The lowest BCUT2D eigenvalue weighted by Crippen LogP contribution is -2.57. The average Bonchev–Trinajstić information content (AvgIpc) is 3.16. The van der Waals surface area contributed by atoms with E-state index in [4.69, 9.17) is 4.74 Å². The van der Waals surface area contributed by atoms with E-state index in [1.165, 1.54) is 31.1 Å². The molecule has 198 valence electrons. The molecule has 3 amide bonds. The molecule has 7 heteroatoms. The summed E-state index contributed by atoms with van der Waals surface area (Å²) >= 11 is 0. The van der Waals surface area contributed by atoms with Crippen molar-refractivity contribution in [1.82, 2.24) is 4.90 Å². The second-order valence-corrected chi connectivity index (χ2v) is 12.0. The number of carbonyl (C=O) groups excluding carboxylic acids is 4. The second-order valence-electron chi connectivity index (χ2n) is 12.0. The molecule has 0 aromatic heterocycles. The first-order valence-corrected chi connectivity index (χ1v) is 13.7. The van der Waals surface area contributed by atoms with Crippen molar-refractivity contribution in [3.63, 3.8) is 0 Å². The number of hydrogen-bond donors (Lipinski definition) is 0. The SMILES string of the molecule is CC(=O)Oc1ccc(N2C(=O)CC(N(Cc3ccc(C)cc3)C(=O)C34CC5CC(CC(C5)C3)C4)C2=O)cc1. The fraction of sp³-hybridized carbons (Fsp3) is 0.484. The number of anilines is 1. The molecule has 38 heavy (non-hydrogen) atoms. The van der Waals surface area contributed by atoms with Crippen molar-refractivity contribution in [3.8, 4) is 5.75 Å². The van der Waals surface area contributed by atoms with E-state index in [-0.39, 0.29) is 24.1 Å². The molecule has 1 unspecified atom stereocenters. The molecule has 1 aliphatic heterocycles. The van der Waals surface area contributed by atoms with E-state index < -0.39 is 17.4 Å². The normalized spacial score (nSPS) is 29.6. The van der Waals surface area contributed by atoms with Crippen LogP contribution in [0.15, 0.2) is 48.5 Å². The van der Waals surface area contributed by atoms with Crippen LogP contribution in [0.2, 0.25) is 0 Å². The number of hydrogen-bond acceptors (Lipinski definition) is 5. The minimum atomic E-state index is -0.836. The molecule has 4 bridgehead atoms. The third kappa shape index (κ3) is 4.42. The van der Waals surface area contributed by atoms with Crippen LogP contribution in [-0.4, -0.2) is 34.6 Å². The van der Waals surface area contributed by atoms with Crippen molar-refractivity contribution in [1.29, 1.82) is 0 Å². The summed E-state index contributed by atoms with van der Waals surface area (Å²) in [4.78, 5) is 55.7. The lowest BCUT2D eigenvalue weighted by molar-refractivity contribution is -0.162. The number of ether oxygens (including phenoxy) is 1. The van der Waals surface area contributed by atoms with Crippen LogP contribution in [0, 0.1) is 30.1 Å². The first-order valence-electron chi connectivity index (χ1n) is 13.7. The summed E-state index contributed by atoms with van der Waals surface area (Å²) in [6, 6.07) is 13.5. The number of nitrogens with zero attached hydrogens (tertiary/aromatic N) is 2. The molecule has 5 fully saturated rings.